The minimum atomic E-state index is -4.43. The van der Waals surface area contributed by atoms with E-state index in [0.717, 1.165) is 4.57 Å². The summed E-state index contributed by atoms with van der Waals surface area (Å²) in [6, 6.07) is 12.7. The third kappa shape index (κ3) is 6.20. The molecule has 0 unspecified atom stereocenters. The zero-order valence-electron chi connectivity index (χ0n) is 17.7. The van der Waals surface area contributed by atoms with Crippen molar-refractivity contribution in [3.05, 3.63) is 89.2 Å². The summed E-state index contributed by atoms with van der Waals surface area (Å²) in [5, 5.41) is 15.4. The number of imidazole rings is 1. The molecular formula is C22H17F3N6O3S. The van der Waals surface area contributed by atoms with Crippen LogP contribution < -0.4 is 16.3 Å². The number of carbonyl (C=O) groups excluding carboxylic acids is 1. The first kappa shape index (κ1) is 23.9. The van der Waals surface area contributed by atoms with Gasteiger partial charge in [0.05, 0.1) is 18.4 Å². The lowest BCUT2D eigenvalue weighted by molar-refractivity contribution is -0.0328. The number of hydrogen-bond acceptors (Lipinski definition) is 6. The monoisotopic (exact) mass is 502 g/mol. The highest BCUT2D eigenvalue weighted by atomic mass is 32.2. The van der Waals surface area contributed by atoms with Crippen LogP contribution in [0.25, 0.3) is 5.69 Å². The molecule has 13 heteroatoms. The Balaban J connectivity index is 1.48. The molecule has 1 aromatic carbocycles. The van der Waals surface area contributed by atoms with Gasteiger partial charge in [0, 0.05) is 17.3 Å². The van der Waals surface area contributed by atoms with Crippen LogP contribution in [0.4, 0.5) is 29.6 Å². The number of alkyl halides is 3. The molecule has 9 nitrogen and oxygen atoms in total. The molecule has 0 atom stereocenters. The summed E-state index contributed by atoms with van der Waals surface area (Å²) in [5.41, 5.74) is -4.22. The molecule has 0 aliphatic rings. The standard InChI is InChI=1S/C22H17F3N6O3S/c23-22(24,25)35-16-6-4-15(5-7-16)31-19(32)13-30(21(31)34)12-14-8-10-27-18(11-14)29-20(33)28-17-3-1-2-9-26-17/h1-11,13,32H,12H2,(H2,26,27,28,29,33). The molecule has 0 radical (unpaired) electrons. The fraction of sp³-hybridized carbons (Fsp3) is 0.0909. The van der Waals surface area contributed by atoms with E-state index in [1.807, 2.05) is 0 Å². The number of thioether (sulfide) groups is 1. The van der Waals surface area contributed by atoms with Crippen molar-refractivity contribution in [2.24, 2.45) is 0 Å². The zero-order valence-corrected chi connectivity index (χ0v) is 18.5. The van der Waals surface area contributed by atoms with Crippen molar-refractivity contribution in [3.8, 4) is 11.6 Å². The molecule has 2 amide bonds. The molecular weight excluding hydrogens is 485 g/mol. The van der Waals surface area contributed by atoms with Crippen molar-refractivity contribution in [2.75, 3.05) is 10.6 Å². The number of carbonyl (C=O) groups is 1. The third-order valence-electron chi connectivity index (χ3n) is 4.59. The van der Waals surface area contributed by atoms with Gasteiger partial charge in [-0.15, -0.1) is 0 Å². The number of benzene rings is 1. The van der Waals surface area contributed by atoms with Crippen molar-refractivity contribution < 1.29 is 23.1 Å². The summed E-state index contributed by atoms with van der Waals surface area (Å²) in [6.45, 7) is 0.0421. The summed E-state index contributed by atoms with van der Waals surface area (Å²) in [4.78, 5) is 33.0. The fourth-order valence-corrected chi connectivity index (χ4v) is 3.71. The number of aromatic hydroxyl groups is 1. The highest BCUT2D eigenvalue weighted by molar-refractivity contribution is 8.00. The second-order valence-electron chi connectivity index (χ2n) is 7.12. The van der Waals surface area contributed by atoms with E-state index >= 15 is 0 Å². The van der Waals surface area contributed by atoms with Gasteiger partial charge in [0.15, 0.2) is 0 Å². The van der Waals surface area contributed by atoms with E-state index in [-0.39, 0.29) is 40.6 Å². The maximum Gasteiger partial charge on any atom is 0.446 e. The van der Waals surface area contributed by atoms with Gasteiger partial charge in [-0.05, 0) is 65.9 Å². The van der Waals surface area contributed by atoms with Gasteiger partial charge in [-0.1, -0.05) is 6.07 Å². The predicted octanol–water partition coefficient (Wildman–Crippen LogP) is 4.44. The van der Waals surface area contributed by atoms with Gasteiger partial charge < -0.3 is 5.11 Å². The van der Waals surface area contributed by atoms with Crippen molar-refractivity contribution in [1.29, 1.82) is 0 Å². The highest BCUT2D eigenvalue weighted by Crippen LogP contribution is 2.37. The number of hydrogen-bond donors (Lipinski definition) is 3. The molecule has 3 heterocycles. The third-order valence-corrected chi connectivity index (χ3v) is 5.33. The van der Waals surface area contributed by atoms with E-state index < -0.39 is 17.2 Å². The molecule has 0 fully saturated rings. The van der Waals surface area contributed by atoms with Crippen molar-refractivity contribution >= 4 is 29.4 Å². The van der Waals surface area contributed by atoms with E-state index in [0.29, 0.717) is 11.4 Å². The molecule has 0 spiro atoms. The van der Waals surface area contributed by atoms with Crippen LogP contribution in [0.3, 0.4) is 0 Å². The molecule has 0 saturated heterocycles. The van der Waals surface area contributed by atoms with Gasteiger partial charge in [0.1, 0.15) is 11.6 Å². The van der Waals surface area contributed by atoms with Gasteiger partial charge in [0.25, 0.3) is 0 Å². The molecule has 0 bridgehead atoms. The highest BCUT2D eigenvalue weighted by Gasteiger charge is 2.29. The average Bonchev–Trinajstić information content (AvgIpc) is 3.07. The number of aromatic nitrogens is 4. The van der Waals surface area contributed by atoms with E-state index in [9.17, 15) is 27.9 Å². The fourth-order valence-electron chi connectivity index (χ4n) is 3.17. The first-order valence-corrected chi connectivity index (χ1v) is 10.8. The number of halogens is 3. The predicted molar refractivity (Wildman–Crippen MR) is 124 cm³/mol. The zero-order chi connectivity index (χ0) is 25.0. The Morgan fingerprint density at radius 1 is 1.00 bits per heavy atom. The molecule has 0 saturated carbocycles. The smallest absolute Gasteiger partial charge is 0.446 e. The summed E-state index contributed by atoms with van der Waals surface area (Å²) in [6.07, 6.45) is 4.19. The number of urea groups is 1. The van der Waals surface area contributed by atoms with Crippen LogP contribution in [0.1, 0.15) is 5.56 Å². The number of nitrogens with one attached hydrogen (secondary N) is 2. The van der Waals surface area contributed by atoms with Gasteiger partial charge in [-0.3, -0.25) is 15.2 Å². The number of anilines is 2. The average molecular weight is 502 g/mol. The van der Waals surface area contributed by atoms with Gasteiger partial charge in [-0.2, -0.15) is 13.2 Å². The minimum Gasteiger partial charge on any atom is -0.493 e. The SMILES string of the molecule is O=C(Nc1ccccn1)Nc1cc(Cn2cc(O)n(-c3ccc(SC(F)(F)F)cc3)c2=O)ccn1. The summed E-state index contributed by atoms with van der Waals surface area (Å²) >= 11 is -0.273. The Bertz CT molecular complexity index is 1390. The van der Waals surface area contributed by atoms with Gasteiger partial charge >= 0.3 is 17.2 Å². The van der Waals surface area contributed by atoms with Crippen LogP contribution in [0.2, 0.25) is 0 Å². The Kier molecular flexibility index (Phi) is 6.78. The van der Waals surface area contributed by atoms with Crippen LogP contribution >= 0.6 is 11.8 Å². The molecule has 4 rings (SSSR count). The summed E-state index contributed by atoms with van der Waals surface area (Å²) in [7, 11) is 0. The lowest BCUT2D eigenvalue weighted by Crippen LogP contribution is -2.24. The van der Waals surface area contributed by atoms with Gasteiger partial charge in [0.2, 0.25) is 5.88 Å². The van der Waals surface area contributed by atoms with E-state index in [1.165, 1.54) is 47.4 Å². The number of nitrogens with zero attached hydrogens (tertiary/aromatic N) is 4. The Hall–Kier alpha value is -4.26. The molecule has 3 N–H and O–H groups in total. The van der Waals surface area contributed by atoms with E-state index in [1.54, 1.807) is 30.3 Å². The maximum atomic E-state index is 12.9. The molecule has 4 aromatic rings. The number of pyridine rings is 2. The molecule has 180 valence electrons. The number of amides is 2. The van der Waals surface area contributed by atoms with Gasteiger partial charge in [-0.25, -0.2) is 24.1 Å². The molecule has 35 heavy (non-hydrogen) atoms. The minimum absolute atomic E-state index is 0.0421. The van der Waals surface area contributed by atoms with E-state index in [2.05, 4.69) is 20.6 Å². The van der Waals surface area contributed by atoms with Crippen LogP contribution in [0.15, 0.2) is 82.9 Å². The Labute approximate surface area is 200 Å². The molecule has 0 aliphatic carbocycles. The normalized spacial score (nSPS) is 11.3. The van der Waals surface area contributed by atoms with Crippen molar-refractivity contribution in [2.45, 2.75) is 16.9 Å². The van der Waals surface area contributed by atoms with Crippen LogP contribution in [-0.2, 0) is 6.54 Å². The second kappa shape index (κ2) is 9.93. The van der Waals surface area contributed by atoms with E-state index in [4.69, 9.17) is 0 Å². The maximum absolute atomic E-state index is 12.9. The number of rotatable bonds is 6. The topological polar surface area (TPSA) is 114 Å². The Morgan fingerprint density at radius 3 is 2.40 bits per heavy atom. The largest absolute Gasteiger partial charge is 0.493 e. The summed E-state index contributed by atoms with van der Waals surface area (Å²) in [5.74, 6) is 0.202. The molecule has 3 aromatic heterocycles. The lowest BCUT2D eigenvalue weighted by atomic mass is 10.2. The van der Waals surface area contributed by atoms with Crippen LogP contribution in [0.5, 0.6) is 5.88 Å². The van der Waals surface area contributed by atoms with Crippen LogP contribution in [0, 0.1) is 0 Å². The first-order valence-electron chi connectivity index (χ1n) is 9.99. The quantitative estimate of drug-likeness (QED) is 0.336. The second-order valence-corrected chi connectivity index (χ2v) is 8.26. The van der Waals surface area contributed by atoms with Crippen molar-refractivity contribution in [1.82, 2.24) is 19.1 Å². The lowest BCUT2D eigenvalue weighted by Gasteiger charge is -2.08. The Morgan fingerprint density at radius 2 is 1.71 bits per heavy atom. The summed E-state index contributed by atoms with van der Waals surface area (Å²) < 4.78 is 39.8. The molecule has 0 aliphatic heterocycles. The first-order chi connectivity index (χ1) is 16.7. The van der Waals surface area contributed by atoms with Crippen molar-refractivity contribution in [3.63, 3.8) is 0 Å². The van der Waals surface area contributed by atoms with Crippen LogP contribution in [-0.4, -0.2) is 35.7 Å².